The fourth-order valence-corrected chi connectivity index (χ4v) is 4.06. The Kier molecular flexibility index (Phi) is 2.99. The average Bonchev–Trinajstić information content (AvgIpc) is 2.86. The molecule has 0 saturated carbocycles. The summed E-state index contributed by atoms with van der Waals surface area (Å²) in [5, 5.41) is 9.92. The van der Waals surface area contributed by atoms with Crippen LogP contribution in [0.3, 0.4) is 0 Å². The number of aromatic nitrogens is 4. The Balaban J connectivity index is 2.14. The van der Waals surface area contributed by atoms with Gasteiger partial charge in [-0.3, -0.25) is 0 Å². The maximum absolute atomic E-state index is 5.91. The maximum Gasteiger partial charge on any atom is 0.224 e. The number of hydrogen-bond donors (Lipinski definition) is 0. The number of hydrogen-bond acceptors (Lipinski definition) is 7. The highest BCUT2D eigenvalue weighted by atomic mass is 35.5. The van der Waals surface area contributed by atoms with E-state index < -0.39 is 0 Å². The van der Waals surface area contributed by atoms with Crippen LogP contribution in [-0.2, 0) is 0 Å². The van der Waals surface area contributed by atoms with E-state index in [1.807, 2.05) is 6.92 Å². The van der Waals surface area contributed by atoms with Crippen LogP contribution >= 0.6 is 46.0 Å². The van der Waals surface area contributed by atoms with Crippen LogP contribution in [0.1, 0.15) is 4.88 Å². The highest BCUT2D eigenvalue weighted by Crippen LogP contribution is 2.35. The van der Waals surface area contributed by atoms with E-state index in [9.17, 15) is 0 Å². The number of nitrogens with zero attached hydrogens (tertiary/aromatic N) is 4. The van der Waals surface area contributed by atoms with Crippen LogP contribution in [0.2, 0.25) is 5.28 Å². The molecule has 0 saturated heterocycles. The van der Waals surface area contributed by atoms with Crippen LogP contribution in [0.25, 0.3) is 10.2 Å². The molecule has 0 fully saturated rings. The molecule has 0 amide bonds. The van der Waals surface area contributed by atoms with Gasteiger partial charge in [0.25, 0.3) is 0 Å². The first-order chi connectivity index (χ1) is 8.22. The van der Waals surface area contributed by atoms with E-state index in [0.717, 1.165) is 19.6 Å². The lowest BCUT2D eigenvalue weighted by Crippen LogP contribution is -1.86. The molecule has 17 heavy (non-hydrogen) atoms. The highest BCUT2D eigenvalue weighted by molar-refractivity contribution is 8.01. The summed E-state index contributed by atoms with van der Waals surface area (Å²) >= 11 is 10.5. The smallest absolute Gasteiger partial charge is 0.210 e. The summed E-state index contributed by atoms with van der Waals surface area (Å²) in [6.07, 6.45) is 0. The normalized spacial score (nSPS) is 11.2. The van der Waals surface area contributed by atoms with Crippen molar-refractivity contribution in [1.29, 1.82) is 0 Å². The predicted molar refractivity (Wildman–Crippen MR) is 71.2 cm³/mol. The quantitative estimate of drug-likeness (QED) is 0.534. The molecule has 86 valence electrons. The first kappa shape index (κ1) is 11.3. The van der Waals surface area contributed by atoms with Crippen molar-refractivity contribution < 1.29 is 0 Å². The Labute approximate surface area is 114 Å². The Morgan fingerprint density at radius 3 is 3.00 bits per heavy atom. The standard InChI is InChI=1S/C9H5ClN4S3/c1-4-2-5-6(16-4)12-8(10)13-7(5)17-9-14-11-3-15-9/h2-3H,1H3. The highest BCUT2D eigenvalue weighted by Gasteiger charge is 2.12. The van der Waals surface area contributed by atoms with Gasteiger partial charge >= 0.3 is 0 Å². The molecule has 0 unspecified atom stereocenters. The molecule has 3 heterocycles. The Morgan fingerprint density at radius 2 is 2.24 bits per heavy atom. The van der Waals surface area contributed by atoms with Crippen molar-refractivity contribution in [3.05, 3.63) is 21.7 Å². The van der Waals surface area contributed by atoms with E-state index in [2.05, 4.69) is 26.2 Å². The third-order valence-electron chi connectivity index (χ3n) is 1.98. The second kappa shape index (κ2) is 4.49. The van der Waals surface area contributed by atoms with Gasteiger partial charge in [-0.25, -0.2) is 9.97 Å². The largest absolute Gasteiger partial charge is 0.224 e. The monoisotopic (exact) mass is 300 g/mol. The van der Waals surface area contributed by atoms with Gasteiger partial charge < -0.3 is 0 Å². The van der Waals surface area contributed by atoms with E-state index in [-0.39, 0.29) is 5.28 Å². The number of aryl methyl sites for hydroxylation is 1. The van der Waals surface area contributed by atoms with Gasteiger partial charge in [0.15, 0.2) is 4.34 Å². The fraction of sp³-hybridized carbons (Fsp3) is 0.111. The lowest BCUT2D eigenvalue weighted by Gasteiger charge is -1.98. The first-order valence-electron chi connectivity index (χ1n) is 4.60. The summed E-state index contributed by atoms with van der Waals surface area (Å²) in [4.78, 5) is 10.6. The third kappa shape index (κ3) is 2.28. The number of thiophene rings is 1. The van der Waals surface area contributed by atoms with Gasteiger partial charge in [0.2, 0.25) is 5.28 Å². The minimum atomic E-state index is 0.270. The molecule has 0 bridgehead atoms. The molecule has 8 heteroatoms. The third-order valence-corrected chi connectivity index (χ3v) is 4.87. The minimum absolute atomic E-state index is 0.270. The molecule has 3 aromatic heterocycles. The van der Waals surface area contributed by atoms with Crippen molar-refractivity contribution in [2.75, 3.05) is 0 Å². The van der Waals surface area contributed by atoms with Gasteiger partial charge in [0.1, 0.15) is 15.4 Å². The molecule has 0 aromatic carbocycles. The van der Waals surface area contributed by atoms with Crippen molar-refractivity contribution in [3.63, 3.8) is 0 Å². The average molecular weight is 301 g/mol. The lowest BCUT2D eigenvalue weighted by atomic mass is 10.4. The van der Waals surface area contributed by atoms with E-state index in [0.29, 0.717) is 0 Å². The zero-order valence-electron chi connectivity index (χ0n) is 8.55. The van der Waals surface area contributed by atoms with Crippen molar-refractivity contribution in [1.82, 2.24) is 20.2 Å². The number of fused-ring (bicyclic) bond motifs is 1. The molecule has 0 spiro atoms. The fourth-order valence-electron chi connectivity index (χ4n) is 1.36. The summed E-state index contributed by atoms with van der Waals surface area (Å²) in [6.45, 7) is 2.04. The topological polar surface area (TPSA) is 51.6 Å². The first-order valence-corrected chi connectivity index (χ1v) is 7.49. The van der Waals surface area contributed by atoms with Gasteiger partial charge in [-0.2, -0.15) is 0 Å². The SMILES string of the molecule is Cc1cc2c(Sc3nncs3)nc(Cl)nc2s1. The van der Waals surface area contributed by atoms with Crippen molar-refractivity contribution >= 4 is 56.3 Å². The summed E-state index contributed by atoms with van der Waals surface area (Å²) in [7, 11) is 0. The molecule has 4 nitrogen and oxygen atoms in total. The number of rotatable bonds is 2. The van der Waals surface area contributed by atoms with Gasteiger partial charge in [-0.1, -0.05) is 11.3 Å². The van der Waals surface area contributed by atoms with Crippen molar-refractivity contribution in [2.24, 2.45) is 0 Å². The summed E-state index contributed by atoms with van der Waals surface area (Å²) in [6, 6.07) is 2.07. The van der Waals surface area contributed by atoms with Crippen LogP contribution < -0.4 is 0 Å². The molecule has 0 aliphatic carbocycles. The molecule has 0 N–H and O–H groups in total. The summed E-state index contributed by atoms with van der Waals surface area (Å²) in [5.41, 5.74) is 1.70. The number of halogens is 1. The van der Waals surface area contributed by atoms with Crippen LogP contribution in [0.5, 0.6) is 0 Å². The lowest BCUT2D eigenvalue weighted by molar-refractivity contribution is 1.01. The Morgan fingerprint density at radius 1 is 1.35 bits per heavy atom. The Bertz CT molecular complexity index is 664. The van der Waals surface area contributed by atoms with Crippen LogP contribution in [-0.4, -0.2) is 20.2 Å². The van der Waals surface area contributed by atoms with Gasteiger partial charge in [0, 0.05) is 10.3 Å². The molecule has 0 radical (unpaired) electrons. The van der Waals surface area contributed by atoms with E-state index in [1.165, 1.54) is 28.0 Å². The van der Waals surface area contributed by atoms with E-state index in [4.69, 9.17) is 11.6 Å². The summed E-state index contributed by atoms with van der Waals surface area (Å²) in [5.74, 6) is 0. The maximum atomic E-state index is 5.91. The zero-order valence-corrected chi connectivity index (χ0v) is 11.8. The van der Waals surface area contributed by atoms with Crippen LogP contribution in [0.15, 0.2) is 20.9 Å². The zero-order chi connectivity index (χ0) is 11.8. The predicted octanol–water partition coefficient (Wildman–Crippen LogP) is 3.66. The van der Waals surface area contributed by atoms with Gasteiger partial charge in [-0.15, -0.1) is 21.5 Å². The Hall–Kier alpha value is -0.760. The second-order valence-corrected chi connectivity index (χ2v) is 6.82. The van der Waals surface area contributed by atoms with Crippen LogP contribution in [0, 0.1) is 6.92 Å². The molecule has 3 aromatic rings. The molecule has 0 atom stereocenters. The molecular formula is C9H5ClN4S3. The molecular weight excluding hydrogens is 296 g/mol. The second-order valence-electron chi connectivity index (χ2n) is 3.18. The summed E-state index contributed by atoms with van der Waals surface area (Å²) < 4.78 is 0.852. The minimum Gasteiger partial charge on any atom is -0.210 e. The molecule has 0 aliphatic heterocycles. The van der Waals surface area contributed by atoms with Crippen molar-refractivity contribution in [2.45, 2.75) is 16.3 Å². The molecule has 3 rings (SSSR count). The van der Waals surface area contributed by atoms with Gasteiger partial charge in [-0.05, 0) is 36.4 Å². The van der Waals surface area contributed by atoms with E-state index >= 15 is 0 Å². The van der Waals surface area contributed by atoms with Crippen molar-refractivity contribution in [3.8, 4) is 0 Å². The van der Waals surface area contributed by atoms with Gasteiger partial charge in [0.05, 0.1) is 0 Å². The van der Waals surface area contributed by atoms with Crippen LogP contribution in [0.4, 0.5) is 0 Å². The van der Waals surface area contributed by atoms with E-state index in [1.54, 1.807) is 16.8 Å². The molecule has 0 aliphatic rings.